The fourth-order valence-corrected chi connectivity index (χ4v) is 6.22. The number of methoxy groups -OCH3 is 1. The Morgan fingerprint density at radius 1 is 1.21 bits per heavy atom. The highest BCUT2D eigenvalue weighted by molar-refractivity contribution is 9.10. The summed E-state index contributed by atoms with van der Waals surface area (Å²) in [5.74, 6) is 0.655. The number of thioether (sulfide) groups is 1. The highest BCUT2D eigenvalue weighted by Gasteiger charge is 2.39. The summed E-state index contributed by atoms with van der Waals surface area (Å²) in [5.41, 5.74) is 3.38. The lowest BCUT2D eigenvalue weighted by Crippen LogP contribution is -2.31. The van der Waals surface area contributed by atoms with Crippen LogP contribution in [0.1, 0.15) is 41.5 Å². The molecule has 1 aliphatic carbocycles. The summed E-state index contributed by atoms with van der Waals surface area (Å²) in [6.07, 6.45) is 2.95. The predicted octanol–water partition coefficient (Wildman–Crippen LogP) is 5.05. The number of esters is 1. The molecule has 0 amide bonds. The van der Waals surface area contributed by atoms with Gasteiger partial charge in [-0.25, -0.2) is 4.79 Å². The van der Waals surface area contributed by atoms with Crippen LogP contribution < -0.4 is 5.56 Å². The summed E-state index contributed by atoms with van der Waals surface area (Å²) in [7, 11) is 1.38. The summed E-state index contributed by atoms with van der Waals surface area (Å²) in [6.45, 7) is 0. The van der Waals surface area contributed by atoms with Crippen molar-refractivity contribution in [3.8, 4) is 0 Å². The van der Waals surface area contributed by atoms with Gasteiger partial charge in [-0.3, -0.25) is 9.36 Å². The van der Waals surface area contributed by atoms with Gasteiger partial charge in [-0.2, -0.15) is 0 Å². The standard InChI is InChI=1S/C23H20BrNO3S/c1-28-23(27)18-12-29-22-19(14-9-10-14)17(20(24)21(26)25(18)22)11-15-7-4-6-13-5-2-3-8-16(13)15/h2-8,14,18H,9-12H2,1H3. The first-order valence-electron chi connectivity index (χ1n) is 9.74. The number of pyridine rings is 1. The number of fused-ring (bicyclic) bond motifs is 2. The van der Waals surface area contributed by atoms with Crippen LogP contribution in [0.2, 0.25) is 0 Å². The minimum absolute atomic E-state index is 0.139. The van der Waals surface area contributed by atoms with Crippen LogP contribution in [0.3, 0.4) is 0 Å². The molecule has 3 aromatic rings. The SMILES string of the molecule is COC(=O)C1CSc2c(C3CC3)c(Cc3cccc4ccccc34)c(Br)c(=O)n21. The smallest absolute Gasteiger partial charge is 0.329 e. The lowest BCUT2D eigenvalue weighted by molar-refractivity contribution is -0.143. The second kappa shape index (κ2) is 7.33. The first-order valence-corrected chi connectivity index (χ1v) is 11.5. The summed E-state index contributed by atoms with van der Waals surface area (Å²) in [5, 5.41) is 3.36. The summed E-state index contributed by atoms with van der Waals surface area (Å²) >= 11 is 5.21. The first-order chi connectivity index (χ1) is 14.1. The Kier molecular flexibility index (Phi) is 4.79. The molecule has 5 rings (SSSR count). The van der Waals surface area contributed by atoms with Crippen LogP contribution in [0.4, 0.5) is 0 Å². The van der Waals surface area contributed by atoms with Crippen molar-refractivity contribution in [1.29, 1.82) is 0 Å². The van der Waals surface area contributed by atoms with E-state index in [4.69, 9.17) is 4.74 Å². The summed E-state index contributed by atoms with van der Waals surface area (Å²) in [6, 6.07) is 14.1. The van der Waals surface area contributed by atoms with Crippen molar-refractivity contribution in [2.75, 3.05) is 12.9 Å². The van der Waals surface area contributed by atoms with E-state index in [-0.39, 0.29) is 11.5 Å². The highest BCUT2D eigenvalue weighted by Crippen LogP contribution is 2.50. The number of carbonyl (C=O) groups excluding carboxylic acids is 1. The number of benzene rings is 2. The number of ether oxygens (including phenoxy) is 1. The van der Waals surface area contributed by atoms with E-state index >= 15 is 0 Å². The second-order valence-corrected chi connectivity index (χ2v) is 9.43. The molecule has 6 heteroatoms. The lowest BCUT2D eigenvalue weighted by Gasteiger charge is -2.19. The van der Waals surface area contributed by atoms with Crippen LogP contribution >= 0.6 is 27.7 Å². The van der Waals surface area contributed by atoms with E-state index in [1.165, 1.54) is 29.0 Å². The lowest BCUT2D eigenvalue weighted by atomic mass is 9.95. The average Bonchev–Trinajstić information content (AvgIpc) is 3.49. The van der Waals surface area contributed by atoms with Gasteiger partial charge in [-0.15, -0.1) is 11.8 Å². The van der Waals surface area contributed by atoms with Crippen molar-refractivity contribution in [2.45, 2.75) is 36.2 Å². The van der Waals surface area contributed by atoms with Gasteiger partial charge < -0.3 is 4.74 Å². The van der Waals surface area contributed by atoms with Gasteiger partial charge in [0, 0.05) is 5.75 Å². The largest absolute Gasteiger partial charge is 0.467 e. The molecule has 148 valence electrons. The zero-order chi connectivity index (χ0) is 20.1. The van der Waals surface area contributed by atoms with Crippen molar-refractivity contribution in [3.05, 3.63) is 74.0 Å². The normalized spacial score (nSPS) is 18.1. The quantitative estimate of drug-likeness (QED) is 0.501. The highest BCUT2D eigenvalue weighted by atomic mass is 79.9. The fourth-order valence-electron chi connectivity index (χ4n) is 4.28. The molecular weight excluding hydrogens is 450 g/mol. The Balaban J connectivity index is 1.69. The Morgan fingerprint density at radius 3 is 2.72 bits per heavy atom. The van der Waals surface area contributed by atoms with E-state index in [2.05, 4.69) is 52.3 Å². The van der Waals surface area contributed by atoms with Crippen LogP contribution in [0, 0.1) is 0 Å². The fraction of sp³-hybridized carbons (Fsp3) is 0.304. The van der Waals surface area contributed by atoms with Gasteiger partial charge in [0.2, 0.25) is 0 Å². The van der Waals surface area contributed by atoms with Gasteiger partial charge >= 0.3 is 5.97 Å². The van der Waals surface area contributed by atoms with E-state index < -0.39 is 6.04 Å². The molecule has 1 aromatic heterocycles. The average molecular weight is 470 g/mol. The van der Waals surface area contributed by atoms with E-state index in [1.54, 1.807) is 16.3 Å². The van der Waals surface area contributed by atoms with Crippen molar-refractivity contribution in [3.63, 3.8) is 0 Å². The maximum Gasteiger partial charge on any atom is 0.329 e. The molecule has 1 fully saturated rings. The molecule has 0 N–H and O–H groups in total. The summed E-state index contributed by atoms with van der Waals surface area (Å²) in [4.78, 5) is 25.5. The molecule has 0 radical (unpaired) electrons. The van der Waals surface area contributed by atoms with Crippen LogP contribution in [-0.2, 0) is 16.0 Å². The number of rotatable bonds is 4. The van der Waals surface area contributed by atoms with Crippen molar-refractivity contribution >= 4 is 44.4 Å². The van der Waals surface area contributed by atoms with Crippen LogP contribution in [0.15, 0.2) is 56.8 Å². The molecule has 2 aliphatic rings. The predicted molar refractivity (Wildman–Crippen MR) is 119 cm³/mol. The maximum absolute atomic E-state index is 13.3. The molecule has 1 unspecified atom stereocenters. The molecule has 2 heterocycles. The molecule has 29 heavy (non-hydrogen) atoms. The molecule has 1 saturated carbocycles. The van der Waals surface area contributed by atoms with Gasteiger partial charge in [0.1, 0.15) is 6.04 Å². The molecule has 4 nitrogen and oxygen atoms in total. The van der Waals surface area contributed by atoms with Gasteiger partial charge in [0.05, 0.1) is 16.6 Å². The van der Waals surface area contributed by atoms with Crippen molar-refractivity contribution < 1.29 is 9.53 Å². The van der Waals surface area contributed by atoms with Gasteiger partial charge in [-0.1, -0.05) is 42.5 Å². The van der Waals surface area contributed by atoms with Crippen LogP contribution in [-0.4, -0.2) is 23.4 Å². The molecule has 0 saturated heterocycles. The number of halogens is 1. The Hall–Kier alpha value is -2.05. The van der Waals surface area contributed by atoms with E-state index in [9.17, 15) is 9.59 Å². The van der Waals surface area contributed by atoms with Gasteiger partial charge in [0.15, 0.2) is 0 Å². The molecule has 0 spiro atoms. The van der Waals surface area contributed by atoms with Gasteiger partial charge in [0.25, 0.3) is 5.56 Å². The zero-order valence-corrected chi connectivity index (χ0v) is 18.4. The third kappa shape index (κ3) is 3.13. The zero-order valence-electron chi connectivity index (χ0n) is 16.0. The topological polar surface area (TPSA) is 48.3 Å². The van der Waals surface area contributed by atoms with E-state index in [1.807, 2.05) is 6.07 Å². The second-order valence-electron chi connectivity index (χ2n) is 7.63. The number of nitrogens with zero attached hydrogens (tertiary/aromatic N) is 1. The monoisotopic (exact) mass is 469 g/mol. The molecule has 2 aromatic carbocycles. The third-order valence-electron chi connectivity index (χ3n) is 5.84. The van der Waals surface area contributed by atoms with Crippen LogP contribution in [0.5, 0.6) is 0 Å². The molecule has 0 bridgehead atoms. The number of carbonyl (C=O) groups is 1. The minimum atomic E-state index is -0.548. The Bertz CT molecular complexity index is 1190. The molecule has 1 atom stereocenters. The van der Waals surface area contributed by atoms with E-state index in [0.717, 1.165) is 23.4 Å². The molecular formula is C23H20BrNO3S. The third-order valence-corrected chi connectivity index (χ3v) is 7.83. The maximum atomic E-state index is 13.3. The minimum Gasteiger partial charge on any atom is -0.467 e. The Labute approximate surface area is 181 Å². The first kappa shape index (κ1) is 18.9. The number of aromatic nitrogens is 1. The van der Waals surface area contributed by atoms with Gasteiger partial charge in [-0.05, 0) is 68.6 Å². The van der Waals surface area contributed by atoms with Crippen molar-refractivity contribution in [1.82, 2.24) is 4.57 Å². The molecule has 1 aliphatic heterocycles. The van der Waals surface area contributed by atoms with Crippen molar-refractivity contribution in [2.24, 2.45) is 0 Å². The van der Waals surface area contributed by atoms with Crippen LogP contribution in [0.25, 0.3) is 10.8 Å². The Morgan fingerprint density at radius 2 is 1.97 bits per heavy atom. The summed E-state index contributed by atoms with van der Waals surface area (Å²) < 4.78 is 7.18. The number of hydrogen-bond acceptors (Lipinski definition) is 4. The van der Waals surface area contributed by atoms with E-state index in [0.29, 0.717) is 22.6 Å². The number of hydrogen-bond donors (Lipinski definition) is 0.